The fraction of sp³-hybridized carbons (Fsp3) is 0.579. The van der Waals surface area contributed by atoms with Gasteiger partial charge in [-0.05, 0) is 37.2 Å². The first-order valence-corrected chi connectivity index (χ1v) is 8.73. The van der Waals surface area contributed by atoms with Crippen LogP contribution in [0.4, 0.5) is 4.79 Å². The fourth-order valence-corrected chi connectivity index (χ4v) is 3.52. The minimum Gasteiger partial charge on any atom is -0.479 e. The van der Waals surface area contributed by atoms with Crippen molar-refractivity contribution in [2.24, 2.45) is 5.92 Å². The molecule has 1 aliphatic rings. The molecule has 25 heavy (non-hydrogen) atoms. The highest BCUT2D eigenvalue weighted by molar-refractivity contribution is 5.72. The van der Waals surface area contributed by atoms with Gasteiger partial charge in [0.1, 0.15) is 0 Å². The Kier molecular flexibility index (Phi) is 6.42. The van der Waals surface area contributed by atoms with Gasteiger partial charge in [-0.1, -0.05) is 44.2 Å². The Hall–Kier alpha value is -2.08. The molecule has 138 valence electrons. The van der Waals surface area contributed by atoms with Crippen LogP contribution >= 0.6 is 0 Å². The van der Waals surface area contributed by atoms with Crippen molar-refractivity contribution in [2.45, 2.75) is 51.2 Å². The number of ether oxygens (including phenoxy) is 1. The summed E-state index contributed by atoms with van der Waals surface area (Å²) < 4.78 is 5.75. The van der Waals surface area contributed by atoms with E-state index in [0.29, 0.717) is 25.8 Å². The van der Waals surface area contributed by atoms with Crippen LogP contribution in [-0.2, 0) is 16.0 Å². The molecule has 2 atom stereocenters. The number of amides is 1. The molecule has 0 aromatic heterocycles. The molecule has 1 aliphatic heterocycles. The Balaban J connectivity index is 2.20. The van der Waals surface area contributed by atoms with Crippen LogP contribution in [0.15, 0.2) is 30.3 Å². The standard InChI is InChI=1S/C19H27NO5/c1-14(2)11-16(17(21)22)25-13-19(9-6-10-20(19)18(23)24)12-15-7-4-3-5-8-15/h3-5,7-8,14,16H,6,9-13H2,1-2H3,(H,21,22)(H,23,24)/t16?,19-/m0/s1. The van der Waals surface area contributed by atoms with E-state index in [0.717, 1.165) is 12.0 Å². The van der Waals surface area contributed by atoms with Crippen molar-refractivity contribution < 1.29 is 24.5 Å². The zero-order valence-corrected chi connectivity index (χ0v) is 14.9. The van der Waals surface area contributed by atoms with Gasteiger partial charge in [0.2, 0.25) is 0 Å². The Labute approximate surface area is 148 Å². The molecule has 0 spiro atoms. The van der Waals surface area contributed by atoms with Crippen LogP contribution in [0.1, 0.15) is 38.7 Å². The summed E-state index contributed by atoms with van der Waals surface area (Å²) in [5.41, 5.74) is 0.313. The summed E-state index contributed by atoms with van der Waals surface area (Å²) in [5, 5.41) is 19.0. The number of rotatable bonds is 8. The van der Waals surface area contributed by atoms with Gasteiger partial charge < -0.3 is 19.8 Å². The Morgan fingerprint density at radius 1 is 1.24 bits per heavy atom. The number of hydrogen-bond donors (Lipinski definition) is 2. The summed E-state index contributed by atoms with van der Waals surface area (Å²) in [4.78, 5) is 24.6. The van der Waals surface area contributed by atoms with E-state index in [1.165, 1.54) is 4.90 Å². The van der Waals surface area contributed by atoms with Gasteiger partial charge in [-0.25, -0.2) is 9.59 Å². The second kappa shape index (κ2) is 8.34. The Bertz CT molecular complexity index is 589. The lowest BCUT2D eigenvalue weighted by Gasteiger charge is -2.37. The van der Waals surface area contributed by atoms with Crippen LogP contribution in [0.2, 0.25) is 0 Å². The molecule has 0 bridgehead atoms. The first-order valence-electron chi connectivity index (χ1n) is 8.73. The average Bonchev–Trinajstić information content (AvgIpc) is 2.96. The molecular weight excluding hydrogens is 322 g/mol. The fourth-order valence-electron chi connectivity index (χ4n) is 3.52. The third kappa shape index (κ3) is 4.95. The number of hydrogen-bond acceptors (Lipinski definition) is 3. The second-order valence-electron chi connectivity index (χ2n) is 7.19. The predicted octanol–water partition coefficient (Wildman–Crippen LogP) is 3.26. The summed E-state index contributed by atoms with van der Waals surface area (Å²) >= 11 is 0. The maximum Gasteiger partial charge on any atom is 0.407 e. The number of benzene rings is 1. The predicted molar refractivity (Wildman–Crippen MR) is 93.7 cm³/mol. The molecular formula is C19H27NO5. The molecule has 0 aliphatic carbocycles. The topological polar surface area (TPSA) is 87.1 Å². The SMILES string of the molecule is CC(C)CC(OC[C@@]1(Cc2ccccc2)CCCN1C(=O)O)C(=O)O. The monoisotopic (exact) mass is 349 g/mol. The highest BCUT2D eigenvalue weighted by Gasteiger charge is 2.45. The van der Waals surface area contributed by atoms with Gasteiger partial charge >= 0.3 is 12.1 Å². The lowest BCUT2D eigenvalue weighted by Crippen LogP contribution is -2.52. The van der Waals surface area contributed by atoms with Crippen LogP contribution in [0.5, 0.6) is 0 Å². The van der Waals surface area contributed by atoms with Crippen molar-refractivity contribution in [3.63, 3.8) is 0 Å². The van der Waals surface area contributed by atoms with E-state index in [4.69, 9.17) is 4.74 Å². The third-order valence-electron chi connectivity index (χ3n) is 4.72. The molecule has 1 aromatic rings. The molecule has 6 heteroatoms. The molecule has 2 rings (SSSR count). The van der Waals surface area contributed by atoms with Gasteiger partial charge in [-0.15, -0.1) is 0 Å². The number of aliphatic carboxylic acids is 1. The van der Waals surface area contributed by atoms with E-state index in [1.54, 1.807) is 0 Å². The molecule has 2 N–H and O–H groups in total. The molecule has 1 aromatic carbocycles. The van der Waals surface area contributed by atoms with Gasteiger partial charge in [0, 0.05) is 6.54 Å². The minimum atomic E-state index is -0.997. The molecule has 6 nitrogen and oxygen atoms in total. The maximum atomic E-state index is 11.7. The van der Waals surface area contributed by atoms with Gasteiger partial charge in [0.15, 0.2) is 6.10 Å². The molecule has 0 radical (unpaired) electrons. The van der Waals surface area contributed by atoms with Crippen LogP contribution in [0.25, 0.3) is 0 Å². The van der Waals surface area contributed by atoms with Crippen LogP contribution < -0.4 is 0 Å². The molecule has 0 saturated carbocycles. The summed E-state index contributed by atoms with van der Waals surface area (Å²) in [6, 6.07) is 9.68. The third-order valence-corrected chi connectivity index (χ3v) is 4.72. The van der Waals surface area contributed by atoms with Crippen molar-refractivity contribution >= 4 is 12.1 Å². The second-order valence-corrected chi connectivity index (χ2v) is 7.19. The largest absolute Gasteiger partial charge is 0.479 e. The summed E-state index contributed by atoms with van der Waals surface area (Å²) in [6.07, 6.45) is 0.460. The van der Waals surface area contributed by atoms with E-state index >= 15 is 0 Å². The quantitative estimate of drug-likeness (QED) is 0.752. The number of carboxylic acids is 1. The van der Waals surface area contributed by atoms with E-state index < -0.39 is 23.7 Å². The Morgan fingerprint density at radius 3 is 2.48 bits per heavy atom. The zero-order chi connectivity index (χ0) is 18.4. The van der Waals surface area contributed by atoms with Gasteiger partial charge in [-0.3, -0.25) is 0 Å². The smallest absolute Gasteiger partial charge is 0.407 e. The summed E-state index contributed by atoms with van der Waals surface area (Å²) in [6.45, 7) is 4.43. The van der Waals surface area contributed by atoms with Crippen LogP contribution in [-0.4, -0.2) is 52.0 Å². The first-order chi connectivity index (χ1) is 11.8. The number of carbonyl (C=O) groups is 2. The zero-order valence-electron chi connectivity index (χ0n) is 14.9. The van der Waals surface area contributed by atoms with Crippen molar-refractivity contribution in [3.8, 4) is 0 Å². The minimum absolute atomic E-state index is 0.0951. The number of likely N-dealkylation sites (tertiary alicyclic amines) is 1. The number of carboxylic acid groups (broad SMARTS) is 2. The van der Waals surface area contributed by atoms with Crippen LogP contribution in [0.3, 0.4) is 0 Å². The first kappa shape index (κ1) is 19.2. The molecule has 1 amide bonds. The van der Waals surface area contributed by atoms with Crippen molar-refractivity contribution in [1.82, 2.24) is 4.90 Å². The Morgan fingerprint density at radius 2 is 1.92 bits per heavy atom. The van der Waals surface area contributed by atoms with Gasteiger partial charge in [0.25, 0.3) is 0 Å². The van der Waals surface area contributed by atoms with Crippen molar-refractivity contribution in [1.29, 1.82) is 0 Å². The van der Waals surface area contributed by atoms with Crippen LogP contribution in [0, 0.1) is 5.92 Å². The van der Waals surface area contributed by atoms with Gasteiger partial charge in [0.05, 0.1) is 12.1 Å². The van der Waals surface area contributed by atoms with E-state index in [-0.39, 0.29) is 12.5 Å². The number of nitrogens with zero attached hydrogens (tertiary/aromatic N) is 1. The summed E-state index contributed by atoms with van der Waals surface area (Å²) in [5.74, 6) is -0.811. The van der Waals surface area contributed by atoms with E-state index in [2.05, 4.69) is 0 Å². The molecule has 1 unspecified atom stereocenters. The summed E-state index contributed by atoms with van der Waals surface area (Å²) in [7, 11) is 0. The van der Waals surface area contributed by atoms with Crippen molar-refractivity contribution in [3.05, 3.63) is 35.9 Å². The van der Waals surface area contributed by atoms with E-state index in [9.17, 15) is 19.8 Å². The molecule has 1 saturated heterocycles. The molecule has 1 fully saturated rings. The van der Waals surface area contributed by atoms with E-state index in [1.807, 2.05) is 44.2 Å². The highest BCUT2D eigenvalue weighted by Crippen LogP contribution is 2.34. The van der Waals surface area contributed by atoms with Crippen molar-refractivity contribution in [2.75, 3.05) is 13.2 Å². The molecule has 1 heterocycles. The lowest BCUT2D eigenvalue weighted by atomic mass is 9.88. The maximum absolute atomic E-state index is 11.7. The lowest BCUT2D eigenvalue weighted by molar-refractivity contribution is -0.153. The normalized spacial score (nSPS) is 21.5. The average molecular weight is 349 g/mol. The highest BCUT2D eigenvalue weighted by atomic mass is 16.5. The van der Waals surface area contributed by atoms with Gasteiger partial charge in [-0.2, -0.15) is 0 Å².